The molecule has 0 aromatic heterocycles. The van der Waals surface area contributed by atoms with E-state index in [2.05, 4.69) is 34.6 Å². The molecule has 0 spiro atoms. The van der Waals surface area contributed by atoms with Gasteiger partial charge in [-0.1, -0.05) is 47.5 Å². The molecule has 0 N–H and O–H groups in total. The molecule has 0 amide bonds. The first-order chi connectivity index (χ1) is 16.2. The first kappa shape index (κ1) is 26.7. The number of Topliss-reactive ketones (excluding diaryl/α,β-unsaturated/α-hetero) is 1. The number of carbonyl (C=O) groups excluding carboxylic acids is 3. The number of carbonyl (C=O) groups is 3. The van der Waals surface area contributed by atoms with Crippen LogP contribution in [0.3, 0.4) is 0 Å². The highest BCUT2D eigenvalue weighted by Crippen LogP contribution is 2.73. The van der Waals surface area contributed by atoms with Gasteiger partial charge < -0.3 is 9.47 Å². The first-order valence-electron chi connectivity index (χ1n) is 14.1. The molecule has 5 heteroatoms. The Labute approximate surface area is 212 Å². The fourth-order valence-corrected chi connectivity index (χ4v) is 10.3. The summed E-state index contributed by atoms with van der Waals surface area (Å²) in [5.41, 5.74) is 0.307. The third-order valence-electron chi connectivity index (χ3n) is 12.0. The van der Waals surface area contributed by atoms with Crippen LogP contribution in [0.2, 0.25) is 0 Å². The second kappa shape index (κ2) is 8.87. The summed E-state index contributed by atoms with van der Waals surface area (Å²) < 4.78 is 12.0. The van der Waals surface area contributed by atoms with Gasteiger partial charge in [0.2, 0.25) is 0 Å². The van der Waals surface area contributed by atoms with E-state index in [1.807, 2.05) is 0 Å². The fraction of sp³-hybridized carbons (Fsp3) is 0.900. The maximum absolute atomic E-state index is 12.7. The van der Waals surface area contributed by atoms with E-state index < -0.39 is 6.10 Å². The van der Waals surface area contributed by atoms with Gasteiger partial charge in [0.1, 0.15) is 18.0 Å². The average molecular weight is 489 g/mol. The molecule has 0 aliphatic heterocycles. The Kier molecular flexibility index (Phi) is 6.76. The van der Waals surface area contributed by atoms with Crippen LogP contribution < -0.4 is 0 Å². The lowest BCUT2D eigenvalue weighted by atomic mass is 9.34. The number of hydrogen-bond donors (Lipinski definition) is 0. The molecular weight excluding hydrogens is 440 g/mol. The Morgan fingerprint density at radius 3 is 1.94 bits per heavy atom. The Balaban J connectivity index is 1.80. The summed E-state index contributed by atoms with van der Waals surface area (Å²) in [4.78, 5) is 37.1. The van der Waals surface area contributed by atoms with Crippen LogP contribution in [0.5, 0.6) is 0 Å². The summed E-state index contributed by atoms with van der Waals surface area (Å²) >= 11 is 0. The van der Waals surface area contributed by atoms with Crippen LogP contribution in [0.15, 0.2) is 0 Å². The topological polar surface area (TPSA) is 69.7 Å². The summed E-state index contributed by atoms with van der Waals surface area (Å²) in [6, 6.07) is 0. The van der Waals surface area contributed by atoms with Gasteiger partial charge in [0.15, 0.2) is 0 Å². The van der Waals surface area contributed by atoms with E-state index in [4.69, 9.17) is 9.47 Å². The monoisotopic (exact) mass is 488 g/mol. The van der Waals surface area contributed by atoms with Crippen LogP contribution in [0, 0.1) is 45.3 Å². The van der Waals surface area contributed by atoms with Crippen LogP contribution in [-0.4, -0.2) is 29.9 Å². The van der Waals surface area contributed by atoms with E-state index in [1.165, 1.54) is 46.0 Å². The van der Waals surface area contributed by atoms with Gasteiger partial charge in [0.25, 0.3) is 0 Å². The van der Waals surface area contributed by atoms with Crippen molar-refractivity contribution in [1.29, 1.82) is 0 Å². The van der Waals surface area contributed by atoms with Crippen LogP contribution in [0.4, 0.5) is 0 Å². The largest absolute Gasteiger partial charge is 0.462 e. The standard InChI is InChI=1S/C30H48O5/c1-9-27(5)12-10-13-28(6)23(27)11-14-29(7)24-15-22(34-19(3)32)21(18(2)31)17-30(24,8)26(16-25(28)29)35-20(4)33/h21-26H,9-17H2,1-8H3/t21-,22+,23+,24+,25-,26+,27+,28+,29+,30-/m1/s1. The summed E-state index contributed by atoms with van der Waals surface area (Å²) in [6.45, 7) is 16.7. The lowest BCUT2D eigenvalue weighted by Gasteiger charge is -2.71. The van der Waals surface area contributed by atoms with Crippen molar-refractivity contribution in [2.75, 3.05) is 0 Å². The minimum Gasteiger partial charge on any atom is -0.462 e. The normalized spacial score (nSPS) is 49.1. The fourth-order valence-electron chi connectivity index (χ4n) is 10.3. The summed E-state index contributed by atoms with van der Waals surface area (Å²) in [7, 11) is 0. The molecule has 198 valence electrons. The van der Waals surface area contributed by atoms with E-state index in [9.17, 15) is 14.4 Å². The molecule has 0 aromatic rings. The predicted octanol–water partition coefficient (Wildman–Crippen LogP) is 6.51. The van der Waals surface area contributed by atoms with Crippen molar-refractivity contribution in [3.05, 3.63) is 0 Å². The molecule has 0 bridgehead atoms. The van der Waals surface area contributed by atoms with E-state index in [1.54, 1.807) is 6.92 Å². The van der Waals surface area contributed by atoms with Gasteiger partial charge in [-0.2, -0.15) is 0 Å². The molecule has 4 aliphatic rings. The van der Waals surface area contributed by atoms with E-state index in [0.29, 0.717) is 30.1 Å². The van der Waals surface area contributed by atoms with Crippen molar-refractivity contribution < 1.29 is 23.9 Å². The molecule has 0 unspecified atom stereocenters. The Morgan fingerprint density at radius 1 is 0.771 bits per heavy atom. The maximum Gasteiger partial charge on any atom is 0.302 e. The molecule has 35 heavy (non-hydrogen) atoms. The Bertz CT molecular complexity index is 882. The number of esters is 2. The summed E-state index contributed by atoms with van der Waals surface area (Å²) in [5, 5.41) is 0. The predicted molar refractivity (Wildman–Crippen MR) is 135 cm³/mol. The third-order valence-corrected chi connectivity index (χ3v) is 12.0. The van der Waals surface area contributed by atoms with E-state index in [-0.39, 0.29) is 51.9 Å². The molecule has 10 atom stereocenters. The molecule has 0 heterocycles. The van der Waals surface area contributed by atoms with Crippen molar-refractivity contribution in [1.82, 2.24) is 0 Å². The zero-order valence-electron chi connectivity index (χ0n) is 23.4. The van der Waals surface area contributed by atoms with Crippen LogP contribution in [-0.2, 0) is 23.9 Å². The highest BCUT2D eigenvalue weighted by Gasteiger charge is 2.69. The van der Waals surface area contributed by atoms with Crippen molar-refractivity contribution in [3.8, 4) is 0 Å². The molecular formula is C30H48O5. The van der Waals surface area contributed by atoms with Gasteiger partial charge in [0, 0.05) is 19.3 Å². The minimum atomic E-state index is -0.394. The number of fused-ring (bicyclic) bond motifs is 5. The van der Waals surface area contributed by atoms with Crippen LogP contribution in [0.1, 0.15) is 113 Å². The lowest BCUT2D eigenvalue weighted by Crippen LogP contribution is -2.67. The van der Waals surface area contributed by atoms with Crippen LogP contribution in [0.25, 0.3) is 0 Å². The van der Waals surface area contributed by atoms with Crippen molar-refractivity contribution in [2.45, 2.75) is 125 Å². The second-order valence-corrected chi connectivity index (χ2v) is 13.7. The smallest absolute Gasteiger partial charge is 0.302 e. The van der Waals surface area contributed by atoms with Gasteiger partial charge in [-0.25, -0.2) is 0 Å². The van der Waals surface area contributed by atoms with Crippen molar-refractivity contribution in [2.24, 2.45) is 45.3 Å². The number of ketones is 1. The molecule has 4 saturated carbocycles. The molecule has 0 aromatic carbocycles. The zero-order chi connectivity index (χ0) is 26.0. The Hall–Kier alpha value is -1.39. The van der Waals surface area contributed by atoms with E-state index >= 15 is 0 Å². The molecule has 5 nitrogen and oxygen atoms in total. The van der Waals surface area contributed by atoms with Crippen LogP contribution >= 0.6 is 0 Å². The molecule has 0 radical (unpaired) electrons. The molecule has 4 fully saturated rings. The quantitative estimate of drug-likeness (QED) is 0.422. The van der Waals surface area contributed by atoms with Gasteiger partial charge in [0.05, 0.1) is 5.92 Å². The second-order valence-electron chi connectivity index (χ2n) is 13.7. The minimum absolute atomic E-state index is 0.0583. The van der Waals surface area contributed by atoms with E-state index in [0.717, 1.165) is 12.8 Å². The third kappa shape index (κ3) is 4.07. The van der Waals surface area contributed by atoms with Crippen molar-refractivity contribution in [3.63, 3.8) is 0 Å². The number of hydrogen-bond acceptors (Lipinski definition) is 5. The molecule has 4 rings (SSSR count). The van der Waals surface area contributed by atoms with Gasteiger partial charge >= 0.3 is 11.9 Å². The van der Waals surface area contributed by atoms with Gasteiger partial charge in [-0.3, -0.25) is 14.4 Å². The highest BCUT2D eigenvalue weighted by atomic mass is 16.5. The number of ether oxygens (including phenoxy) is 2. The maximum atomic E-state index is 12.7. The van der Waals surface area contributed by atoms with Gasteiger partial charge in [-0.15, -0.1) is 0 Å². The van der Waals surface area contributed by atoms with Gasteiger partial charge in [-0.05, 0) is 85.9 Å². The van der Waals surface area contributed by atoms with Crippen molar-refractivity contribution >= 4 is 17.7 Å². The highest BCUT2D eigenvalue weighted by molar-refractivity contribution is 5.79. The average Bonchev–Trinajstić information content (AvgIpc) is 2.75. The summed E-state index contributed by atoms with van der Waals surface area (Å²) in [5.74, 6) is 0.502. The summed E-state index contributed by atoms with van der Waals surface area (Å²) in [6.07, 6.45) is 8.93. The lowest BCUT2D eigenvalue weighted by molar-refractivity contribution is -0.252. The molecule has 4 aliphatic carbocycles. The zero-order valence-corrected chi connectivity index (χ0v) is 23.4. The Morgan fingerprint density at radius 2 is 1.37 bits per heavy atom. The first-order valence-corrected chi connectivity index (χ1v) is 14.1. The SMILES string of the molecule is CC[C@@]1(C)CCC[C@]2(C)[C@H]3C[C@H](OC(C)=O)[C@]4(C)C[C@H](C(C)=O)[C@@H](OC(C)=O)C[C@H]4[C@]3(C)CC[C@@H]12. The molecule has 0 saturated heterocycles. The number of rotatable bonds is 4.